The summed E-state index contributed by atoms with van der Waals surface area (Å²) in [6.45, 7) is 1.38. The first-order valence-electron chi connectivity index (χ1n) is 10.8. The number of sulfone groups is 1. The van der Waals surface area contributed by atoms with Crippen LogP contribution in [0, 0.1) is 29.3 Å². The predicted octanol–water partition coefficient (Wildman–Crippen LogP) is 3.45. The van der Waals surface area contributed by atoms with E-state index >= 15 is 0 Å². The fourth-order valence-corrected chi connectivity index (χ4v) is 7.34. The fourth-order valence-electron chi connectivity index (χ4n) is 4.94. The number of halogens is 4. The molecule has 3 aliphatic rings. The monoisotopic (exact) mass is 530 g/mol. The normalized spacial score (nSPS) is 25.5. The summed E-state index contributed by atoms with van der Waals surface area (Å²) in [5.41, 5.74) is -1.65. The van der Waals surface area contributed by atoms with Crippen molar-refractivity contribution >= 4 is 38.9 Å². The quantitative estimate of drug-likeness (QED) is 0.495. The van der Waals surface area contributed by atoms with Crippen LogP contribution in [-0.4, -0.2) is 42.7 Å². The Morgan fingerprint density at radius 2 is 1.69 bits per heavy atom. The van der Waals surface area contributed by atoms with Crippen molar-refractivity contribution in [3.63, 3.8) is 0 Å². The van der Waals surface area contributed by atoms with Gasteiger partial charge in [-0.1, -0.05) is 11.6 Å². The van der Waals surface area contributed by atoms with E-state index in [9.17, 15) is 36.3 Å². The van der Waals surface area contributed by atoms with E-state index in [0.717, 1.165) is 6.07 Å². The molecule has 0 aliphatic heterocycles. The van der Waals surface area contributed by atoms with E-state index in [0.29, 0.717) is 18.6 Å². The van der Waals surface area contributed by atoms with Gasteiger partial charge in [-0.15, -0.1) is 0 Å². The van der Waals surface area contributed by atoms with Crippen LogP contribution < -0.4 is 10.6 Å². The van der Waals surface area contributed by atoms with Crippen molar-refractivity contribution < 1.29 is 36.3 Å². The summed E-state index contributed by atoms with van der Waals surface area (Å²) in [7, 11) is -4.00. The Labute approximate surface area is 204 Å². The van der Waals surface area contributed by atoms with E-state index in [1.807, 2.05) is 0 Å². The predicted molar refractivity (Wildman–Crippen MR) is 121 cm³/mol. The molecule has 5 rings (SSSR count). The lowest BCUT2D eigenvalue weighted by Crippen LogP contribution is -2.66. The van der Waals surface area contributed by atoms with Crippen molar-refractivity contribution in [1.82, 2.24) is 5.32 Å². The first-order valence-corrected chi connectivity index (χ1v) is 12.7. The number of rotatable bonds is 6. The molecular formula is C23H22ClF3N2O5S. The molecule has 0 spiro atoms. The summed E-state index contributed by atoms with van der Waals surface area (Å²) in [6, 6.07) is 4.75. The first-order chi connectivity index (χ1) is 16.3. The van der Waals surface area contributed by atoms with Gasteiger partial charge in [0.15, 0.2) is 27.3 Å². The van der Waals surface area contributed by atoms with Gasteiger partial charge in [0.1, 0.15) is 0 Å². The molecule has 0 heterocycles. The number of hydrogen-bond donors (Lipinski definition) is 3. The Bertz CT molecular complexity index is 1290. The lowest BCUT2D eigenvalue weighted by molar-refractivity contribution is -0.173. The second-order valence-corrected chi connectivity index (χ2v) is 11.6. The number of carbonyl (C=O) groups excluding carboxylic acids is 2. The molecule has 3 saturated carbocycles. The zero-order valence-electron chi connectivity index (χ0n) is 18.4. The highest BCUT2D eigenvalue weighted by Gasteiger charge is 2.60. The number of carbonyl (C=O) groups is 2. The van der Waals surface area contributed by atoms with Gasteiger partial charge in [0.25, 0.3) is 5.91 Å². The van der Waals surface area contributed by atoms with E-state index in [4.69, 9.17) is 11.6 Å². The number of nitrogens with one attached hydrogen (secondary N) is 2. The van der Waals surface area contributed by atoms with Crippen molar-refractivity contribution in [1.29, 1.82) is 0 Å². The van der Waals surface area contributed by atoms with Crippen LogP contribution >= 0.6 is 11.6 Å². The third-order valence-corrected chi connectivity index (χ3v) is 9.53. The highest BCUT2D eigenvalue weighted by molar-refractivity contribution is 7.92. The Kier molecular flexibility index (Phi) is 6.62. The zero-order valence-corrected chi connectivity index (χ0v) is 20.0. The second kappa shape index (κ2) is 9.11. The highest BCUT2D eigenvalue weighted by atomic mass is 35.5. The number of amides is 2. The van der Waals surface area contributed by atoms with Gasteiger partial charge >= 0.3 is 0 Å². The maximum Gasteiger partial charge on any atom is 0.255 e. The van der Waals surface area contributed by atoms with Crippen LogP contribution in [0.3, 0.4) is 0 Å². The van der Waals surface area contributed by atoms with Crippen LogP contribution in [0.15, 0.2) is 35.2 Å². The smallest absolute Gasteiger partial charge is 0.255 e. The molecule has 2 aromatic rings. The maximum absolute atomic E-state index is 13.4. The van der Waals surface area contributed by atoms with Crippen molar-refractivity contribution in [2.45, 2.75) is 41.9 Å². The summed E-state index contributed by atoms with van der Waals surface area (Å²) in [5, 5.41) is 14.7. The summed E-state index contributed by atoms with van der Waals surface area (Å²) >= 11 is 6.16. The fraction of sp³-hybridized carbons (Fsp3) is 0.391. The van der Waals surface area contributed by atoms with Gasteiger partial charge in [-0.2, -0.15) is 0 Å². The van der Waals surface area contributed by atoms with Crippen molar-refractivity contribution in [3.8, 4) is 0 Å². The van der Waals surface area contributed by atoms with Gasteiger partial charge in [-0.05, 0) is 49.3 Å². The summed E-state index contributed by atoms with van der Waals surface area (Å²) in [6.07, 6.45) is 0.967. The minimum absolute atomic E-state index is 0.0470. The number of hydrogen-bond acceptors (Lipinski definition) is 5. The summed E-state index contributed by atoms with van der Waals surface area (Å²) in [4.78, 5) is 23.6. The number of anilines is 1. The van der Waals surface area contributed by atoms with Crippen LogP contribution in [0.25, 0.3) is 0 Å². The molecule has 7 nitrogen and oxygen atoms in total. The van der Waals surface area contributed by atoms with Gasteiger partial charge in [0.2, 0.25) is 5.91 Å². The van der Waals surface area contributed by atoms with Gasteiger partial charge in [0, 0.05) is 36.9 Å². The standard InChI is InChI=1S/C23H22ClF3N2O5S/c1-11(30)28-10-23(32)13-5-14(23)7-16(6-13)35(33,34)20-4-12(2-3-17(20)24)22(31)29-15-8-18(25)21(27)19(26)9-15/h2-4,8-9,13-14,16,32H,5-7,10H2,1H3,(H,28,30)(H,29,31)/t13?,14?,16-,23-. The molecule has 2 bridgehead atoms. The van der Waals surface area contributed by atoms with E-state index in [1.54, 1.807) is 0 Å². The Balaban J connectivity index is 1.54. The molecule has 0 aromatic heterocycles. The number of benzene rings is 2. The largest absolute Gasteiger partial charge is 0.387 e. The van der Waals surface area contributed by atoms with Crippen molar-refractivity contribution in [2.24, 2.45) is 11.8 Å². The number of aliphatic hydroxyl groups is 1. The molecule has 3 aliphatic carbocycles. The van der Waals surface area contributed by atoms with Gasteiger partial charge in [-0.3, -0.25) is 9.59 Å². The molecule has 0 saturated heterocycles. The zero-order chi connectivity index (χ0) is 25.7. The molecule has 35 heavy (non-hydrogen) atoms. The average Bonchev–Trinajstić information content (AvgIpc) is 2.80. The van der Waals surface area contributed by atoms with E-state index in [2.05, 4.69) is 10.6 Å². The molecular weight excluding hydrogens is 509 g/mol. The topological polar surface area (TPSA) is 113 Å². The van der Waals surface area contributed by atoms with Crippen LogP contribution in [0.2, 0.25) is 5.02 Å². The summed E-state index contributed by atoms with van der Waals surface area (Å²) in [5.74, 6) is -6.47. The van der Waals surface area contributed by atoms with E-state index in [-0.39, 0.29) is 58.3 Å². The van der Waals surface area contributed by atoms with Gasteiger partial charge < -0.3 is 15.7 Å². The average molecular weight is 531 g/mol. The molecule has 12 heteroatoms. The lowest BCUT2D eigenvalue weighted by Gasteiger charge is -2.58. The molecule has 2 amide bonds. The summed E-state index contributed by atoms with van der Waals surface area (Å²) < 4.78 is 66.9. The molecule has 3 fully saturated rings. The maximum atomic E-state index is 13.4. The Hall–Kier alpha value is -2.63. The van der Waals surface area contributed by atoms with Crippen molar-refractivity contribution in [2.75, 3.05) is 11.9 Å². The molecule has 3 N–H and O–H groups in total. The minimum atomic E-state index is -4.00. The molecule has 2 atom stereocenters. The molecule has 0 radical (unpaired) electrons. The Morgan fingerprint density at radius 1 is 1.09 bits per heavy atom. The van der Waals surface area contributed by atoms with Crippen molar-refractivity contribution in [3.05, 3.63) is 58.4 Å². The Morgan fingerprint density at radius 3 is 2.26 bits per heavy atom. The minimum Gasteiger partial charge on any atom is -0.387 e. The first kappa shape index (κ1) is 25.5. The highest BCUT2D eigenvalue weighted by Crippen LogP contribution is 2.55. The van der Waals surface area contributed by atoms with E-state index < -0.39 is 44.0 Å². The SMILES string of the molecule is CC(=O)NC[C@]1(O)C2CC1C[C@@H](S(=O)(=O)c1cc(C(=O)Nc3cc(F)c(F)c(F)c3)ccc1Cl)C2. The van der Waals surface area contributed by atoms with Gasteiger partial charge in [0.05, 0.1) is 20.8 Å². The molecule has 2 aromatic carbocycles. The van der Waals surface area contributed by atoms with Crippen LogP contribution in [0.5, 0.6) is 0 Å². The third-order valence-electron chi connectivity index (χ3n) is 6.88. The third kappa shape index (κ3) is 4.64. The van der Waals surface area contributed by atoms with Crippen LogP contribution in [0.4, 0.5) is 18.9 Å². The molecule has 188 valence electrons. The second-order valence-electron chi connectivity index (χ2n) is 9.02. The van der Waals surface area contributed by atoms with Gasteiger partial charge in [-0.25, -0.2) is 21.6 Å². The lowest BCUT2D eigenvalue weighted by atomic mass is 9.53. The number of fused-ring (bicyclic) bond motifs is 2. The van der Waals surface area contributed by atoms with E-state index in [1.165, 1.54) is 19.1 Å². The molecule has 2 unspecified atom stereocenters. The van der Waals surface area contributed by atoms with Crippen LogP contribution in [0.1, 0.15) is 36.5 Å². The van der Waals surface area contributed by atoms with Crippen LogP contribution in [-0.2, 0) is 14.6 Å².